The number of amides is 1. The van der Waals surface area contributed by atoms with Crippen molar-refractivity contribution in [2.24, 2.45) is 0 Å². The predicted octanol–water partition coefficient (Wildman–Crippen LogP) is 2.97. The molecule has 1 aromatic carbocycles. The van der Waals surface area contributed by atoms with Crippen LogP contribution in [0.1, 0.15) is 16.1 Å². The van der Waals surface area contributed by atoms with Crippen molar-refractivity contribution >= 4 is 27.5 Å². The molecule has 0 fully saturated rings. The SMILES string of the molecule is COc1cccc2c1OCC(NC(=O)c1cc3sccc3[nH]1)C2. The molecule has 2 aromatic heterocycles. The monoisotopic (exact) mass is 328 g/mol. The molecule has 118 valence electrons. The Balaban J connectivity index is 1.49. The van der Waals surface area contributed by atoms with E-state index >= 15 is 0 Å². The third-order valence-electron chi connectivity index (χ3n) is 4.00. The molecule has 4 rings (SSSR count). The predicted molar refractivity (Wildman–Crippen MR) is 89.6 cm³/mol. The average Bonchev–Trinajstić information content (AvgIpc) is 3.15. The van der Waals surface area contributed by atoms with Crippen molar-refractivity contribution in [3.05, 3.63) is 47.0 Å². The first-order chi connectivity index (χ1) is 11.2. The average molecular weight is 328 g/mol. The number of ether oxygens (including phenoxy) is 2. The quantitative estimate of drug-likeness (QED) is 0.777. The second-order valence-electron chi connectivity index (χ2n) is 5.52. The molecule has 3 heterocycles. The second-order valence-corrected chi connectivity index (χ2v) is 6.46. The Labute approximate surface area is 137 Å². The largest absolute Gasteiger partial charge is 0.493 e. The molecule has 1 aliphatic heterocycles. The smallest absolute Gasteiger partial charge is 0.268 e. The van der Waals surface area contributed by atoms with Crippen LogP contribution in [0.15, 0.2) is 35.7 Å². The standard InChI is InChI=1S/C17H16N2O3S/c1-21-14-4-2-3-10-7-11(9-22-16(10)14)18-17(20)13-8-15-12(19-13)5-6-23-15/h2-6,8,11,19H,7,9H2,1H3,(H,18,20). The van der Waals surface area contributed by atoms with Crippen LogP contribution in [0.5, 0.6) is 11.5 Å². The zero-order valence-electron chi connectivity index (χ0n) is 12.6. The Kier molecular flexibility index (Phi) is 3.46. The number of thiophene rings is 1. The van der Waals surface area contributed by atoms with E-state index in [-0.39, 0.29) is 11.9 Å². The van der Waals surface area contributed by atoms with Gasteiger partial charge in [0.2, 0.25) is 0 Å². The number of aromatic nitrogens is 1. The van der Waals surface area contributed by atoms with E-state index in [0.717, 1.165) is 33.7 Å². The molecule has 0 radical (unpaired) electrons. The van der Waals surface area contributed by atoms with Gasteiger partial charge in [0.05, 0.1) is 23.4 Å². The zero-order valence-corrected chi connectivity index (χ0v) is 13.4. The molecule has 3 aromatic rings. The number of para-hydroxylation sites is 1. The highest BCUT2D eigenvalue weighted by atomic mass is 32.1. The lowest BCUT2D eigenvalue weighted by molar-refractivity contribution is 0.0910. The van der Waals surface area contributed by atoms with E-state index < -0.39 is 0 Å². The van der Waals surface area contributed by atoms with Gasteiger partial charge in [-0.25, -0.2) is 0 Å². The Bertz CT molecular complexity index is 839. The topological polar surface area (TPSA) is 63.4 Å². The van der Waals surface area contributed by atoms with Crippen molar-refractivity contribution in [3.8, 4) is 11.5 Å². The lowest BCUT2D eigenvalue weighted by Gasteiger charge is -2.27. The second kappa shape index (κ2) is 5.62. The number of benzene rings is 1. The first-order valence-corrected chi connectivity index (χ1v) is 8.28. The van der Waals surface area contributed by atoms with Crippen LogP contribution < -0.4 is 14.8 Å². The van der Waals surface area contributed by atoms with Gasteiger partial charge in [0.15, 0.2) is 11.5 Å². The van der Waals surface area contributed by atoms with Crippen LogP contribution >= 0.6 is 11.3 Å². The minimum Gasteiger partial charge on any atom is -0.493 e. The number of hydrogen-bond acceptors (Lipinski definition) is 4. The summed E-state index contributed by atoms with van der Waals surface area (Å²) in [7, 11) is 1.63. The molecule has 0 saturated carbocycles. The van der Waals surface area contributed by atoms with Crippen molar-refractivity contribution in [3.63, 3.8) is 0 Å². The summed E-state index contributed by atoms with van der Waals surface area (Å²) in [4.78, 5) is 15.5. The number of fused-ring (bicyclic) bond motifs is 2. The van der Waals surface area contributed by atoms with Crippen LogP contribution in [-0.2, 0) is 6.42 Å². The first kappa shape index (κ1) is 14.1. The molecular formula is C17H16N2O3S. The normalized spacial score (nSPS) is 16.7. The van der Waals surface area contributed by atoms with Gasteiger partial charge in [0, 0.05) is 5.56 Å². The maximum absolute atomic E-state index is 12.4. The number of carbonyl (C=O) groups is 1. The van der Waals surface area contributed by atoms with Crippen LogP contribution in [0.25, 0.3) is 10.2 Å². The van der Waals surface area contributed by atoms with Gasteiger partial charge in [-0.15, -0.1) is 11.3 Å². The highest BCUT2D eigenvalue weighted by Crippen LogP contribution is 2.34. The molecule has 0 saturated heterocycles. The summed E-state index contributed by atoms with van der Waals surface area (Å²) in [5.74, 6) is 1.41. The fraction of sp³-hybridized carbons (Fsp3) is 0.235. The van der Waals surface area contributed by atoms with E-state index in [2.05, 4.69) is 10.3 Å². The van der Waals surface area contributed by atoms with E-state index in [9.17, 15) is 4.79 Å². The van der Waals surface area contributed by atoms with Crippen LogP contribution in [0.4, 0.5) is 0 Å². The van der Waals surface area contributed by atoms with Gasteiger partial charge in [-0.3, -0.25) is 4.79 Å². The van der Waals surface area contributed by atoms with Crippen molar-refractivity contribution in [2.75, 3.05) is 13.7 Å². The lowest BCUT2D eigenvalue weighted by atomic mass is 10.0. The molecule has 0 spiro atoms. The number of nitrogens with one attached hydrogen (secondary N) is 2. The molecule has 23 heavy (non-hydrogen) atoms. The molecule has 1 unspecified atom stereocenters. The zero-order chi connectivity index (χ0) is 15.8. The number of hydrogen-bond donors (Lipinski definition) is 2. The molecule has 0 aliphatic carbocycles. The van der Waals surface area contributed by atoms with Crippen LogP contribution in [-0.4, -0.2) is 30.6 Å². The third kappa shape index (κ3) is 2.55. The van der Waals surface area contributed by atoms with E-state index in [1.165, 1.54) is 0 Å². The van der Waals surface area contributed by atoms with E-state index in [4.69, 9.17) is 9.47 Å². The van der Waals surface area contributed by atoms with Gasteiger partial charge in [-0.2, -0.15) is 0 Å². The van der Waals surface area contributed by atoms with Crippen molar-refractivity contribution in [1.29, 1.82) is 0 Å². The third-order valence-corrected chi connectivity index (χ3v) is 4.86. The number of H-pyrrole nitrogens is 1. The van der Waals surface area contributed by atoms with Crippen molar-refractivity contribution < 1.29 is 14.3 Å². The lowest BCUT2D eigenvalue weighted by Crippen LogP contribution is -2.42. The van der Waals surface area contributed by atoms with Crippen molar-refractivity contribution in [2.45, 2.75) is 12.5 Å². The van der Waals surface area contributed by atoms with Gasteiger partial charge in [0.1, 0.15) is 12.3 Å². The Morgan fingerprint density at radius 2 is 2.35 bits per heavy atom. The molecular weight excluding hydrogens is 312 g/mol. The Morgan fingerprint density at radius 3 is 3.17 bits per heavy atom. The van der Waals surface area contributed by atoms with Gasteiger partial charge < -0.3 is 19.8 Å². The van der Waals surface area contributed by atoms with Gasteiger partial charge in [-0.1, -0.05) is 12.1 Å². The number of aromatic amines is 1. The minimum absolute atomic E-state index is 0.0524. The van der Waals surface area contributed by atoms with Crippen molar-refractivity contribution in [1.82, 2.24) is 10.3 Å². The molecule has 0 bridgehead atoms. The highest BCUT2D eigenvalue weighted by molar-refractivity contribution is 7.17. The maximum atomic E-state index is 12.4. The number of carbonyl (C=O) groups excluding carboxylic acids is 1. The molecule has 1 amide bonds. The Morgan fingerprint density at radius 1 is 1.43 bits per heavy atom. The maximum Gasteiger partial charge on any atom is 0.268 e. The summed E-state index contributed by atoms with van der Waals surface area (Å²) in [5, 5.41) is 5.04. The minimum atomic E-state index is -0.103. The van der Waals surface area contributed by atoms with E-state index in [1.54, 1.807) is 18.4 Å². The summed E-state index contributed by atoms with van der Waals surface area (Å²) >= 11 is 1.62. The van der Waals surface area contributed by atoms with Gasteiger partial charge in [-0.05, 0) is 30.0 Å². The van der Waals surface area contributed by atoms with E-state index in [0.29, 0.717) is 12.3 Å². The molecule has 2 N–H and O–H groups in total. The van der Waals surface area contributed by atoms with Gasteiger partial charge >= 0.3 is 0 Å². The van der Waals surface area contributed by atoms with Crippen LogP contribution in [0.3, 0.4) is 0 Å². The molecule has 6 heteroatoms. The summed E-state index contributed by atoms with van der Waals surface area (Å²) < 4.78 is 12.2. The van der Waals surface area contributed by atoms with E-state index in [1.807, 2.05) is 35.7 Å². The summed E-state index contributed by atoms with van der Waals surface area (Å²) in [6, 6.07) is 9.62. The van der Waals surface area contributed by atoms with Crippen LogP contribution in [0.2, 0.25) is 0 Å². The highest BCUT2D eigenvalue weighted by Gasteiger charge is 2.24. The number of rotatable bonds is 3. The Hall–Kier alpha value is -2.47. The molecule has 1 atom stereocenters. The number of methoxy groups -OCH3 is 1. The first-order valence-electron chi connectivity index (χ1n) is 7.40. The summed E-state index contributed by atoms with van der Waals surface area (Å²) in [6.07, 6.45) is 0.730. The molecule has 1 aliphatic rings. The summed E-state index contributed by atoms with van der Waals surface area (Å²) in [6.45, 7) is 0.439. The molecule has 5 nitrogen and oxygen atoms in total. The fourth-order valence-corrected chi connectivity index (χ4v) is 3.66. The van der Waals surface area contributed by atoms with Crippen LogP contribution in [0, 0.1) is 0 Å². The fourth-order valence-electron chi connectivity index (χ4n) is 2.88. The van der Waals surface area contributed by atoms with Gasteiger partial charge in [0.25, 0.3) is 5.91 Å². The summed E-state index contributed by atoms with van der Waals surface area (Å²) in [5.41, 5.74) is 2.63.